The highest BCUT2D eigenvalue weighted by Gasteiger charge is 2.11. The molecule has 0 unspecified atom stereocenters. The second-order valence-electron chi connectivity index (χ2n) is 4.72. The summed E-state index contributed by atoms with van der Waals surface area (Å²) in [7, 11) is 0. The molecule has 0 aliphatic rings. The van der Waals surface area contributed by atoms with Crippen LogP contribution in [0.2, 0.25) is 10.0 Å². The lowest BCUT2D eigenvalue weighted by Crippen LogP contribution is -2.26. The predicted molar refractivity (Wildman–Crippen MR) is 90.5 cm³/mol. The lowest BCUT2D eigenvalue weighted by atomic mass is 10.0. The average Bonchev–Trinajstić information content (AvgIpc) is 2.50. The summed E-state index contributed by atoms with van der Waals surface area (Å²) in [6, 6.07) is 14.5. The van der Waals surface area contributed by atoms with Gasteiger partial charge >= 0.3 is 6.09 Å². The van der Waals surface area contributed by atoms with Crippen LogP contribution >= 0.6 is 23.2 Å². The topological polar surface area (TPSA) is 49.3 Å². The maximum Gasteiger partial charge on any atom is 0.405 e. The molecule has 3 nitrogen and oxygen atoms in total. The third-order valence-electron chi connectivity index (χ3n) is 3.13. The molecule has 0 aliphatic heterocycles. The van der Waals surface area contributed by atoms with Crippen LogP contribution < -0.4 is 5.32 Å². The van der Waals surface area contributed by atoms with Crippen LogP contribution in [0.5, 0.6) is 0 Å². The Bertz CT molecular complexity index is 672. The highest BCUT2D eigenvalue weighted by atomic mass is 35.5. The van der Waals surface area contributed by atoms with Gasteiger partial charge in [-0.15, -0.1) is 0 Å². The quantitative estimate of drug-likeness (QED) is 0.767. The smallest absolute Gasteiger partial charge is 0.405 e. The number of amides is 1. The van der Waals surface area contributed by atoms with Gasteiger partial charge in [-0.1, -0.05) is 71.8 Å². The Balaban J connectivity index is 2.09. The molecule has 2 aromatic rings. The van der Waals surface area contributed by atoms with E-state index in [1.54, 1.807) is 12.1 Å². The Kier molecular flexibility index (Phi) is 5.87. The molecule has 0 fully saturated rings. The molecular weight excluding hydrogens is 321 g/mol. The van der Waals surface area contributed by atoms with Gasteiger partial charge in [0.1, 0.15) is 0 Å². The molecule has 0 radical (unpaired) electrons. The number of hydrogen-bond donors (Lipinski definition) is 2. The van der Waals surface area contributed by atoms with Crippen LogP contribution in [0.25, 0.3) is 6.08 Å². The molecule has 0 aromatic heterocycles. The van der Waals surface area contributed by atoms with E-state index in [2.05, 4.69) is 5.32 Å². The fourth-order valence-electron chi connectivity index (χ4n) is 2.07. The van der Waals surface area contributed by atoms with E-state index in [1.807, 2.05) is 48.6 Å². The molecule has 1 atom stereocenters. The predicted octanol–water partition coefficient (Wildman–Crippen LogP) is 5.41. The van der Waals surface area contributed by atoms with Crippen LogP contribution in [0.1, 0.15) is 23.6 Å². The van der Waals surface area contributed by atoms with Crippen LogP contribution in [-0.4, -0.2) is 11.2 Å². The van der Waals surface area contributed by atoms with Crippen LogP contribution in [0.15, 0.2) is 54.6 Å². The molecule has 0 bridgehead atoms. The molecule has 0 heterocycles. The van der Waals surface area contributed by atoms with Gasteiger partial charge in [0.15, 0.2) is 0 Å². The minimum Gasteiger partial charge on any atom is -0.465 e. The first-order chi connectivity index (χ1) is 10.6. The zero-order valence-corrected chi connectivity index (χ0v) is 13.2. The summed E-state index contributed by atoms with van der Waals surface area (Å²) in [5, 5.41) is 12.5. The molecule has 5 heteroatoms. The molecule has 0 saturated carbocycles. The fourth-order valence-corrected chi connectivity index (χ4v) is 2.38. The zero-order chi connectivity index (χ0) is 15.9. The minimum atomic E-state index is -1.04. The van der Waals surface area contributed by atoms with Crippen molar-refractivity contribution in [2.75, 3.05) is 0 Å². The number of carbonyl (C=O) groups is 1. The standard InChI is InChI=1S/C17H15Cl2NO2/c18-14-10-9-12(11-15(14)19)5-4-8-16(20-17(21)22)13-6-2-1-3-7-13/h1-7,9-11,16,20H,8H2,(H,21,22)/t16-/m0/s1. The van der Waals surface area contributed by atoms with Crippen molar-refractivity contribution in [2.45, 2.75) is 12.5 Å². The first kappa shape index (κ1) is 16.4. The maximum atomic E-state index is 10.9. The van der Waals surface area contributed by atoms with Crippen molar-refractivity contribution in [1.82, 2.24) is 5.32 Å². The van der Waals surface area contributed by atoms with E-state index >= 15 is 0 Å². The molecule has 0 aliphatic carbocycles. The Labute approximate surface area is 139 Å². The third kappa shape index (κ3) is 4.79. The Morgan fingerprint density at radius 1 is 1.14 bits per heavy atom. The second kappa shape index (κ2) is 7.87. The maximum absolute atomic E-state index is 10.9. The summed E-state index contributed by atoms with van der Waals surface area (Å²) in [6.45, 7) is 0. The van der Waals surface area contributed by atoms with Gasteiger partial charge in [-0.25, -0.2) is 4.79 Å². The summed E-state index contributed by atoms with van der Waals surface area (Å²) in [5.74, 6) is 0. The van der Waals surface area contributed by atoms with E-state index in [4.69, 9.17) is 28.3 Å². The van der Waals surface area contributed by atoms with Crippen molar-refractivity contribution in [3.63, 3.8) is 0 Å². The largest absolute Gasteiger partial charge is 0.465 e. The fraction of sp³-hybridized carbons (Fsp3) is 0.118. The van der Waals surface area contributed by atoms with Gasteiger partial charge in [-0.2, -0.15) is 0 Å². The summed E-state index contributed by atoms with van der Waals surface area (Å²) in [6.07, 6.45) is 3.29. The molecule has 2 N–H and O–H groups in total. The van der Waals surface area contributed by atoms with Crippen LogP contribution in [0, 0.1) is 0 Å². The van der Waals surface area contributed by atoms with Gasteiger partial charge in [-0.3, -0.25) is 0 Å². The summed E-state index contributed by atoms with van der Waals surface area (Å²) < 4.78 is 0. The van der Waals surface area contributed by atoms with Crippen LogP contribution in [-0.2, 0) is 0 Å². The average molecular weight is 336 g/mol. The number of nitrogens with one attached hydrogen (secondary N) is 1. The summed E-state index contributed by atoms with van der Waals surface area (Å²) >= 11 is 11.8. The van der Waals surface area contributed by atoms with Crippen molar-refractivity contribution in [3.8, 4) is 0 Å². The molecule has 2 rings (SSSR count). The monoisotopic (exact) mass is 335 g/mol. The van der Waals surface area contributed by atoms with E-state index < -0.39 is 6.09 Å². The second-order valence-corrected chi connectivity index (χ2v) is 5.54. The third-order valence-corrected chi connectivity index (χ3v) is 3.86. The Morgan fingerprint density at radius 2 is 1.86 bits per heavy atom. The lowest BCUT2D eigenvalue weighted by Gasteiger charge is -2.15. The highest BCUT2D eigenvalue weighted by Crippen LogP contribution is 2.24. The molecule has 1 amide bonds. The first-order valence-corrected chi connectivity index (χ1v) is 7.48. The number of halogens is 2. The van der Waals surface area contributed by atoms with Crippen LogP contribution in [0.4, 0.5) is 4.79 Å². The van der Waals surface area contributed by atoms with E-state index in [0.29, 0.717) is 16.5 Å². The zero-order valence-electron chi connectivity index (χ0n) is 11.7. The van der Waals surface area contributed by atoms with Crippen molar-refractivity contribution in [3.05, 3.63) is 75.8 Å². The molecule has 0 spiro atoms. The Morgan fingerprint density at radius 3 is 2.50 bits per heavy atom. The van der Waals surface area contributed by atoms with Gasteiger partial charge in [0.25, 0.3) is 0 Å². The minimum absolute atomic E-state index is 0.294. The summed E-state index contributed by atoms with van der Waals surface area (Å²) in [4.78, 5) is 10.9. The number of hydrogen-bond acceptors (Lipinski definition) is 1. The van der Waals surface area contributed by atoms with E-state index in [9.17, 15) is 4.79 Å². The van der Waals surface area contributed by atoms with E-state index in [1.165, 1.54) is 0 Å². The van der Waals surface area contributed by atoms with Crippen molar-refractivity contribution < 1.29 is 9.90 Å². The van der Waals surface area contributed by atoms with Crippen molar-refractivity contribution in [1.29, 1.82) is 0 Å². The van der Waals surface area contributed by atoms with Crippen LogP contribution in [0.3, 0.4) is 0 Å². The normalized spacial score (nSPS) is 12.3. The molecular formula is C17H15Cl2NO2. The Hall–Kier alpha value is -1.97. The van der Waals surface area contributed by atoms with Gasteiger partial charge in [0.05, 0.1) is 16.1 Å². The number of carboxylic acid groups (broad SMARTS) is 1. The number of rotatable bonds is 5. The van der Waals surface area contributed by atoms with Gasteiger partial charge in [0.2, 0.25) is 0 Å². The SMILES string of the molecule is O=C(O)N[C@@H](CC=Cc1ccc(Cl)c(Cl)c1)c1ccccc1. The molecule has 22 heavy (non-hydrogen) atoms. The molecule has 0 saturated heterocycles. The van der Waals surface area contributed by atoms with Crippen molar-refractivity contribution >= 4 is 35.4 Å². The van der Waals surface area contributed by atoms with E-state index in [0.717, 1.165) is 11.1 Å². The number of benzene rings is 2. The molecule has 114 valence electrons. The van der Waals surface area contributed by atoms with E-state index in [-0.39, 0.29) is 6.04 Å². The lowest BCUT2D eigenvalue weighted by molar-refractivity contribution is 0.190. The summed E-state index contributed by atoms with van der Waals surface area (Å²) in [5.41, 5.74) is 1.83. The van der Waals surface area contributed by atoms with Gasteiger partial charge < -0.3 is 10.4 Å². The first-order valence-electron chi connectivity index (χ1n) is 6.72. The van der Waals surface area contributed by atoms with Gasteiger partial charge in [-0.05, 0) is 29.7 Å². The molecule has 2 aromatic carbocycles. The van der Waals surface area contributed by atoms with Gasteiger partial charge in [0, 0.05) is 0 Å². The highest BCUT2D eigenvalue weighted by molar-refractivity contribution is 6.42. The van der Waals surface area contributed by atoms with Crippen molar-refractivity contribution in [2.24, 2.45) is 0 Å².